The summed E-state index contributed by atoms with van der Waals surface area (Å²) in [6.45, 7) is 1.90. The molecule has 0 radical (unpaired) electrons. The number of para-hydroxylation sites is 1. The molecule has 1 aliphatic rings. The third-order valence-corrected chi connectivity index (χ3v) is 6.86. The lowest BCUT2D eigenvalue weighted by Crippen LogP contribution is -2.51. The first-order chi connectivity index (χ1) is 13.5. The Morgan fingerprint density at radius 3 is 2.75 bits per heavy atom. The van der Waals surface area contributed by atoms with Crippen LogP contribution in [0.5, 0.6) is 0 Å². The van der Waals surface area contributed by atoms with Crippen LogP contribution in [0.2, 0.25) is 5.02 Å². The first-order valence-corrected chi connectivity index (χ1v) is 10.6. The van der Waals surface area contributed by atoms with E-state index in [4.69, 9.17) is 11.6 Å². The number of benzene rings is 2. The topological polar surface area (TPSA) is 71.1 Å². The van der Waals surface area contributed by atoms with Gasteiger partial charge in [-0.3, -0.25) is 9.59 Å². The molecule has 28 heavy (non-hydrogen) atoms. The van der Waals surface area contributed by atoms with Gasteiger partial charge in [-0.25, -0.2) is 4.98 Å². The number of amides is 2. The molecule has 1 atom stereocenters. The average Bonchev–Trinajstić information content (AvgIpc) is 3.16. The summed E-state index contributed by atoms with van der Waals surface area (Å²) < 4.78 is -1.23. The molecule has 0 aliphatic carbocycles. The van der Waals surface area contributed by atoms with Crippen LogP contribution < -0.4 is 10.6 Å². The van der Waals surface area contributed by atoms with Crippen molar-refractivity contribution < 1.29 is 9.59 Å². The maximum Gasteiger partial charge on any atom is 0.250 e. The van der Waals surface area contributed by atoms with E-state index in [1.54, 1.807) is 6.92 Å². The van der Waals surface area contributed by atoms with Crippen molar-refractivity contribution in [3.05, 3.63) is 63.9 Å². The predicted octanol–water partition coefficient (Wildman–Crippen LogP) is 4.58. The maximum absolute atomic E-state index is 12.8. The molecule has 0 saturated heterocycles. The van der Waals surface area contributed by atoms with Crippen LogP contribution in [0.25, 0.3) is 11.3 Å². The highest BCUT2D eigenvalue weighted by molar-refractivity contribution is 8.02. The third-order valence-electron chi connectivity index (χ3n) is 4.41. The molecule has 0 saturated carbocycles. The number of nitrogens with zero attached hydrogens (tertiary/aromatic N) is 1. The van der Waals surface area contributed by atoms with E-state index in [9.17, 15) is 9.59 Å². The van der Waals surface area contributed by atoms with Gasteiger partial charge in [-0.05, 0) is 31.2 Å². The van der Waals surface area contributed by atoms with E-state index in [0.717, 1.165) is 26.8 Å². The first-order valence-electron chi connectivity index (χ1n) is 8.54. The lowest BCUT2D eigenvalue weighted by atomic mass is 10.1. The van der Waals surface area contributed by atoms with Crippen LogP contribution in [0.15, 0.2) is 58.8 Å². The van der Waals surface area contributed by atoms with Gasteiger partial charge in [-0.2, -0.15) is 0 Å². The van der Waals surface area contributed by atoms with Crippen LogP contribution in [0.1, 0.15) is 11.9 Å². The van der Waals surface area contributed by atoms with Gasteiger partial charge in [-0.15, -0.1) is 11.3 Å². The van der Waals surface area contributed by atoms with Crippen LogP contribution in [-0.4, -0.2) is 21.5 Å². The largest absolute Gasteiger partial charge is 0.348 e. The van der Waals surface area contributed by atoms with Crippen molar-refractivity contribution in [2.24, 2.45) is 0 Å². The average molecular weight is 430 g/mol. The second kappa shape index (κ2) is 7.58. The molecule has 1 unspecified atom stereocenters. The fourth-order valence-corrected chi connectivity index (χ4v) is 4.78. The van der Waals surface area contributed by atoms with Crippen LogP contribution in [0, 0.1) is 0 Å². The first kappa shape index (κ1) is 19.0. The molecule has 0 spiro atoms. The molecule has 0 bridgehead atoms. The minimum absolute atomic E-state index is 0.266. The highest BCUT2D eigenvalue weighted by Crippen LogP contribution is 2.42. The monoisotopic (exact) mass is 429 g/mol. The van der Waals surface area contributed by atoms with E-state index < -0.39 is 4.75 Å². The Bertz CT molecular complexity index is 1050. The third kappa shape index (κ3) is 3.65. The Kier molecular flexibility index (Phi) is 5.14. The van der Waals surface area contributed by atoms with Gasteiger partial charge in [0.1, 0.15) is 5.01 Å². The standard InChI is InChI=1S/C20H16ClN3O2S2/c1-20(19(26)24-14-4-2-3-5-16(14)28-20)18(25)22-10-17-23-15(11-27-17)12-6-8-13(21)9-7-12/h2-9,11H,10H2,1H3,(H,22,25)(H,24,26). The van der Waals surface area contributed by atoms with Gasteiger partial charge in [0.2, 0.25) is 11.8 Å². The van der Waals surface area contributed by atoms with Gasteiger partial charge in [0.25, 0.3) is 0 Å². The number of hydrogen-bond donors (Lipinski definition) is 2. The van der Waals surface area contributed by atoms with Gasteiger partial charge >= 0.3 is 0 Å². The Hall–Kier alpha value is -2.35. The van der Waals surface area contributed by atoms with Crippen molar-refractivity contribution in [2.75, 3.05) is 5.32 Å². The van der Waals surface area contributed by atoms with Crippen molar-refractivity contribution in [1.29, 1.82) is 0 Å². The molecule has 2 N–H and O–H groups in total. The number of fused-ring (bicyclic) bond motifs is 1. The van der Waals surface area contributed by atoms with Gasteiger partial charge in [0, 0.05) is 20.9 Å². The Labute approximate surface area is 175 Å². The Balaban J connectivity index is 1.45. The van der Waals surface area contributed by atoms with Gasteiger partial charge < -0.3 is 10.6 Å². The highest BCUT2D eigenvalue weighted by Gasteiger charge is 2.45. The summed E-state index contributed by atoms with van der Waals surface area (Å²) in [5, 5.41) is 9.04. The fourth-order valence-electron chi connectivity index (χ4n) is 2.79. The number of nitrogens with one attached hydrogen (secondary N) is 2. The molecular formula is C20H16ClN3O2S2. The molecule has 142 valence electrons. The summed E-state index contributed by atoms with van der Waals surface area (Å²) >= 11 is 8.64. The maximum atomic E-state index is 12.8. The van der Waals surface area contributed by atoms with Crippen molar-refractivity contribution in [1.82, 2.24) is 10.3 Å². The quantitative estimate of drug-likeness (QED) is 0.595. The van der Waals surface area contributed by atoms with Crippen molar-refractivity contribution in [3.8, 4) is 11.3 Å². The molecule has 1 aliphatic heterocycles. The zero-order valence-electron chi connectivity index (χ0n) is 14.9. The van der Waals surface area contributed by atoms with Crippen LogP contribution in [0.4, 0.5) is 5.69 Å². The van der Waals surface area contributed by atoms with Crippen molar-refractivity contribution >= 4 is 52.2 Å². The Morgan fingerprint density at radius 2 is 1.96 bits per heavy atom. The number of hydrogen-bond acceptors (Lipinski definition) is 5. The molecule has 1 aromatic heterocycles. The second-order valence-electron chi connectivity index (χ2n) is 6.40. The zero-order valence-corrected chi connectivity index (χ0v) is 17.3. The number of thiazole rings is 1. The van der Waals surface area contributed by atoms with E-state index in [1.807, 2.05) is 53.9 Å². The Morgan fingerprint density at radius 1 is 1.21 bits per heavy atom. The van der Waals surface area contributed by atoms with Gasteiger partial charge in [-0.1, -0.05) is 47.6 Å². The highest BCUT2D eigenvalue weighted by atomic mass is 35.5. The fraction of sp³-hybridized carbons (Fsp3) is 0.150. The molecule has 4 rings (SSSR count). The van der Waals surface area contributed by atoms with E-state index in [2.05, 4.69) is 15.6 Å². The van der Waals surface area contributed by atoms with E-state index >= 15 is 0 Å². The van der Waals surface area contributed by atoms with Gasteiger partial charge in [0.05, 0.1) is 17.9 Å². The van der Waals surface area contributed by atoms with Crippen LogP contribution in [0.3, 0.4) is 0 Å². The minimum atomic E-state index is -1.23. The molecule has 3 aromatic rings. The number of anilines is 1. The van der Waals surface area contributed by atoms with Crippen LogP contribution >= 0.6 is 34.7 Å². The van der Waals surface area contributed by atoms with Gasteiger partial charge in [0.15, 0.2) is 4.75 Å². The molecule has 2 amide bonds. The summed E-state index contributed by atoms with van der Waals surface area (Å²) in [5.41, 5.74) is 2.52. The summed E-state index contributed by atoms with van der Waals surface area (Å²) in [6, 6.07) is 14.9. The number of rotatable bonds is 4. The summed E-state index contributed by atoms with van der Waals surface area (Å²) in [4.78, 5) is 30.8. The summed E-state index contributed by atoms with van der Waals surface area (Å²) in [5.74, 6) is -0.664. The molecule has 5 nitrogen and oxygen atoms in total. The van der Waals surface area contributed by atoms with Crippen LogP contribution in [-0.2, 0) is 16.1 Å². The number of carbonyl (C=O) groups excluding carboxylic acids is 2. The lowest BCUT2D eigenvalue weighted by Gasteiger charge is -2.31. The zero-order chi connectivity index (χ0) is 19.7. The lowest BCUT2D eigenvalue weighted by molar-refractivity contribution is -0.130. The second-order valence-corrected chi connectivity index (χ2v) is 9.24. The summed E-state index contributed by atoms with van der Waals surface area (Å²) in [7, 11) is 0. The van der Waals surface area contributed by atoms with E-state index in [0.29, 0.717) is 5.02 Å². The molecular weight excluding hydrogens is 414 g/mol. The number of halogens is 1. The smallest absolute Gasteiger partial charge is 0.250 e. The number of aromatic nitrogens is 1. The SMILES string of the molecule is CC1(C(=O)NCc2nc(-c3ccc(Cl)cc3)cs2)Sc2ccccc2NC1=O. The number of thioether (sulfide) groups is 1. The molecule has 0 fully saturated rings. The van der Waals surface area contributed by atoms with E-state index in [1.165, 1.54) is 23.1 Å². The molecule has 2 heterocycles. The molecule has 2 aromatic carbocycles. The van der Waals surface area contributed by atoms with Crippen molar-refractivity contribution in [3.63, 3.8) is 0 Å². The van der Waals surface area contributed by atoms with Crippen molar-refractivity contribution in [2.45, 2.75) is 23.1 Å². The normalized spacial score (nSPS) is 18.3. The minimum Gasteiger partial charge on any atom is -0.348 e. The molecule has 8 heteroatoms. The predicted molar refractivity (Wildman–Crippen MR) is 114 cm³/mol. The summed E-state index contributed by atoms with van der Waals surface area (Å²) in [6.07, 6.45) is 0. The number of carbonyl (C=O) groups is 2. The van der Waals surface area contributed by atoms with E-state index in [-0.39, 0.29) is 18.4 Å².